The van der Waals surface area contributed by atoms with Crippen LogP contribution in [0, 0.1) is 3.57 Å². The highest BCUT2D eigenvalue weighted by Crippen LogP contribution is 2.23. The van der Waals surface area contributed by atoms with Gasteiger partial charge in [0.25, 0.3) is 5.91 Å². The third-order valence-corrected chi connectivity index (χ3v) is 5.51. The minimum Gasteiger partial charge on any atom is -0.321 e. The van der Waals surface area contributed by atoms with Gasteiger partial charge in [-0.15, -0.1) is 0 Å². The Morgan fingerprint density at radius 3 is 2.17 bits per heavy atom. The summed E-state index contributed by atoms with van der Waals surface area (Å²) in [7, 11) is -3.75. The molecule has 2 rings (SSSR count). The maximum atomic E-state index is 12.6. The van der Waals surface area contributed by atoms with Gasteiger partial charge in [-0.25, -0.2) is 13.1 Å². The number of carbonyl (C=O) groups is 1. The topological polar surface area (TPSA) is 75.3 Å². The van der Waals surface area contributed by atoms with E-state index in [4.69, 9.17) is 0 Å². The Labute approximate surface area is 156 Å². The zero-order valence-corrected chi connectivity index (χ0v) is 16.6. The normalized spacial score (nSPS) is 12.0. The van der Waals surface area contributed by atoms with E-state index < -0.39 is 15.6 Å². The van der Waals surface area contributed by atoms with Crippen molar-refractivity contribution < 1.29 is 13.2 Å². The molecule has 2 N–H and O–H groups in total. The van der Waals surface area contributed by atoms with Crippen molar-refractivity contribution in [2.45, 2.75) is 31.2 Å². The Hall–Kier alpha value is -1.45. The molecular formula is C17H19IN2O3S. The lowest BCUT2D eigenvalue weighted by Gasteiger charge is -2.21. The summed E-state index contributed by atoms with van der Waals surface area (Å²) in [5, 5.41) is 2.68. The lowest BCUT2D eigenvalue weighted by Crippen LogP contribution is -2.40. The lowest BCUT2D eigenvalue weighted by atomic mass is 10.1. The number of para-hydroxylation sites is 1. The summed E-state index contributed by atoms with van der Waals surface area (Å²) in [6.07, 6.45) is 0. The number of benzene rings is 2. The summed E-state index contributed by atoms with van der Waals surface area (Å²) in [6, 6.07) is 13.4. The smallest absolute Gasteiger partial charge is 0.255 e. The number of halogens is 1. The third-order valence-electron chi connectivity index (χ3n) is 2.97. The van der Waals surface area contributed by atoms with Crippen molar-refractivity contribution in [1.29, 1.82) is 0 Å². The number of anilines is 1. The van der Waals surface area contributed by atoms with Gasteiger partial charge >= 0.3 is 0 Å². The molecule has 0 saturated heterocycles. The molecule has 0 spiro atoms. The highest BCUT2D eigenvalue weighted by molar-refractivity contribution is 14.1. The predicted octanol–water partition coefficient (Wildman–Crippen LogP) is 3.62. The van der Waals surface area contributed by atoms with Crippen molar-refractivity contribution in [2.24, 2.45) is 0 Å². The first-order valence-corrected chi connectivity index (χ1v) is 9.85. The van der Waals surface area contributed by atoms with Crippen LogP contribution in [0.1, 0.15) is 31.1 Å². The SMILES string of the molecule is CC(C)(C)NS(=O)(=O)c1ccccc1NC(=O)c1ccc(I)cc1. The van der Waals surface area contributed by atoms with Crippen LogP contribution in [0.4, 0.5) is 5.69 Å². The van der Waals surface area contributed by atoms with Gasteiger partial charge in [-0.05, 0) is 79.8 Å². The highest BCUT2D eigenvalue weighted by Gasteiger charge is 2.25. The first-order valence-electron chi connectivity index (χ1n) is 7.28. The summed E-state index contributed by atoms with van der Waals surface area (Å²) in [4.78, 5) is 12.4. The van der Waals surface area contributed by atoms with Crippen LogP contribution in [0.3, 0.4) is 0 Å². The predicted molar refractivity (Wildman–Crippen MR) is 104 cm³/mol. The molecule has 0 aliphatic heterocycles. The molecule has 0 saturated carbocycles. The molecule has 1 amide bonds. The second-order valence-corrected chi connectivity index (χ2v) is 9.21. The van der Waals surface area contributed by atoms with Crippen molar-refractivity contribution in [1.82, 2.24) is 4.72 Å². The zero-order valence-electron chi connectivity index (χ0n) is 13.6. The number of hydrogen-bond donors (Lipinski definition) is 2. The Morgan fingerprint density at radius 2 is 1.58 bits per heavy atom. The van der Waals surface area contributed by atoms with Gasteiger partial charge in [0, 0.05) is 14.7 Å². The minimum absolute atomic E-state index is 0.0405. The second-order valence-electron chi connectivity index (χ2n) is 6.31. The summed E-state index contributed by atoms with van der Waals surface area (Å²) < 4.78 is 28.7. The van der Waals surface area contributed by atoms with E-state index in [0.717, 1.165) is 3.57 Å². The van der Waals surface area contributed by atoms with Crippen LogP contribution in [-0.2, 0) is 10.0 Å². The Morgan fingerprint density at radius 1 is 1.00 bits per heavy atom. The molecule has 5 nitrogen and oxygen atoms in total. The molecule has 0 fully saturated rings. The maximum absolute atomic E-state index is 12.6. The standard InChI is InChI=1S/C17H19IN2O3S/c1-17(2,3)20-24(22,23)15-7-5-4-6-14(15)19-16(21)12-8-10-13(18)11-9-12/h4-11,20H,1-3H3,(H,19,21). The van der Waals surface area contributed by atoms with Gasteiger partial charge in [0.2, 0.25) is 10.0 Å². The number of sulfonamides is 1. The van der Waals surface area contributed by atoms with Crippen molar-refractivity contribution in [2.75, 3.05) is 5.32 Å². The largest absolute Gasteiger partial charge is 0.321 e. The molecule has 128 valence electrons. The molecule has 0 atom stereocenters. The summed E-state index contributed by atoms with van der Waals surface area (Å²) in [6.45, 7) is 5.28. The van der Waals surface area contributed by atoms with Gasteiger partial charge in [-0.3, -0.25) is 4.79 Å². The van der Waals surface area contributed by atoms with Gasteiger partial charge in [0.1, 0.15) is 4.90 Å². The second kappa shape index (κ2) is 7.20. The van der Waals surface area contributed by atoms with E-state index in [9.17, 15) is 13.2 Å². The molecule has 2 aromatic carbocycles. The zero-order chi connectivity index (χ0) is 18.0. The van der Waals surface area contributed by atoms with E-state index in [0.29, 0.717) is 5.56 Å². The third kappa shape index (κ3) is 5.02. The van der Waals surface area contributed by atoms with Crippen LogP contribution in [0.25, 0.3) is 0 Å². The molecule has 2 aromatic rings. The Bertz CT molecular complexity index is 841. The average molecular weight is 458 g/mol. The van der Waals surface area contributed by atoms with E-state index in [1.54, 1.807) is 51.1 Å². The quantitative estimate of drug-likeness (QED) is 0.688. The van der Waals surface area contributed by atoms with Gasteiger partial charge < -0.3 is 5.32 Å². The lowest BCUT2D eigenvalue weighted by molar-refractivity contribution is 0.102. The number of carbonyl (C=O) groups excluding carboxylic acids is 1. The Balaban J connectivity index is 2.32. The van der Waals surface area contributed by atoms with Crippen molar-refractivity contribution >= 4 is 44.2 Å². The Kier molecular flexibility index (Phi) is 5.67. The van der Waals surface area contributed by atoms with Crippen LogP contribution in [-0.4, -0.2) is 19.9 Å². The number of hydrogen-bond acceptors (Lipinski definition) is 3. The molecule has 0 unspecified atom stereocenters. The monoisotopic (exact) mass is 458 g/mol. The molecular weight excluding hydrogens is 439 g/mol. The molecule has 24 heavy (non-hydrogen) atoms. The maximum Gasteiger partial charge on any atom is 0.255 e. The summed E-state index contributed by atoms with van der Waals surface area (Å²) >= 11 is 2.15. The fourth-order valence-electron chi connectivity index (χ4n) is 2.06. The minimum atomic E-state index is -3.75. The fourth-order valence-corrected chi connectivity index (χ4v) is 4.00. The highest BCUT2D eigenvalue weighted by atomic mass is 127. The molecule has 0 aliphatic carbocycles. The van der Waals surface area contributed by atoms with E-state index in [-0.39, 0.29) is 16.5 Å². The van der Waals surface area contributed by atoms with E-state index in [1.165, 1.54) is 6.07 Å². The molecule has 0 radical (unpaired) electrons. The van der Waals surface area contributed by atoms with Crippen LogP contribution in [0.2, 0.25) is 0 Å². The molecule has 0 heterocycles. The number of rotatable bonds is 4. The van der Waals surface area contributed by atoms with Crippen molar-refractivity contribution in [3.8, 4) is 0 Å². The first kappa shape index (κ1) is 18.9. The van der Waals surface area contributed by atoms with Crippen molar-refractivity contribution in [3.63, 3.8) is 0 Å². The van der Waals surface area contributed by atoms with Crippen LogP contribution in [0.15, 0.2) is 53.4 Å². The molecule has 7 heteroatoms. The van der Waals surface area contributed by atoms with Gasteiger partial charge in [-0.2, -0.15) is 0 Å². The van der Waals surface area contributed by atoms with E-state index in [1.807, 2.05) is 12.1 Å². The number of amides is 1. The molecule has 0 aromatic heterocycles. The summed E-state index contributed by atoms with van der Waals surface area (Å²) in [5.74, 6) is -0.357. The summed E-state index contributed by atoms with van der Waals surface area (Å²) in [5.41, 5.74) is 0.0932. The van der Waals surface area contributed by atoms with Crippen molar-refractivity contribution in [3.05, 3.63) is 57.7 Å². The van der Waals surface area contributed by atoms with Gasteiger partial charge in [0.05, 0.1) is 5.69 Å². The van der Waals surface area contributed by atoms with Crippen LogP contribution < -0.4 is 10.0 Å². The number of nitrogens with one attached hydrogen (secondary N) is 2. The average Bonchev–Trinajstić information content (AvgIpc) is 2.45. The van der Waals surface area contributed by atoms with Gasteiger partial charge in [0.15, 0.2) is 0 Å². The van der Waals surface area contributed by atoms with Crippen LogP contribution >= 0.6 is 22.6 Å². The fraction of sp³-hybridized carbons (Fsp3) is 0.235. The first-order chi connectivity index (χ1) is 11.1. The van der Waals surface area contributed by atoms with E-state index in [2.05, 4.69) is 32.6 Å². The van der Waals surface area contributed by atoms with Gasteiger partial charge in [-0.1, -0.05) is 12.1 Å². The van der Waals surface area contributed by atoms with Crippen LogP contribution in [0.5, 0.6) is 0 Å². The molecule has 0 bridgehead atoms. The molecule has 0 aliphatic rings. The van der Waals surface area contributed by atoms with E-state index >= 15 is 0 Å².